The molecule has 2 saturated heterocycles. The summed E-state index contributed by atoms with van der Waals surface area (Å²) in [5, 5.41) is 0.682. The van der Waals surface area contributed by atoms with Gasteiger partial charge in [0.25, 0.3) is 0 Å². The molecule has 0 radical (unpaired) electrons. The van der Waals surface area contributed by atoms with Gasteiger partial charge in [0, 0.05) is 35.6 Å². The number of cyclic esters (lactones) is 1. The number of hydrogen-bond donors (Lipinski definition) is 0. The lowest BCUT2D eigenvalue weighted by molar-refractivity contribution is -0.148. The molecule has 4 rings (SSSR count). The number of pyridine rings is 1. The van der Waals surface area contributed by atoms with Gasteiger partial charge in [-0.3, -0.25) is 14.7 Å². The Bertz CT molecular complexity index is 1030. The molecule has 1 aromatic heterocycles. The standard InChI is InChI=1S/C22H24FN3O5S/c1-2-30-21(28)18-12-31-22(29)26(18)15-6-9-25(10-7-15)20(27)13-32-19-5-8-24-17-4-3-14(23)11-16(17)19/h3-5,8,11,15,18H,2,6-7,9-10,12-13H2,1H3. The zero-order valence-corrected chi connectivity index (χ0v) is 18.5. The molecule has 3 heterocycles. The van der Waals surface area contributed by atoms with Gasteiger partial charge in [-0.15, -0.1) is 11.8 Å². The number of hydrogen-bond acceptors (Lipinski definition) is 7. The smallest absolute Gasteiger partial charge is 0.410 e. The molecule has 0 saturated carbocycles. The molecule has 2 aromatic rings. The fraction of sp³-hybridized carbons (Fsp3) is 0.455. The van der Waals surface area contributed by atoms with Crippen molar-refractivity contribution in [3.8, 4) is 0 Å². The van der Waals surface area contributed by atoms with Crippen LogP contribution in [-0.4, -0.2) is 76.9 Å². The predicted octanol–water partition coefficient (Wildman–Crippen LogP) is 2.84. The second-order valence-corrected chi connectivity index (χ2v) is 8.64. The van der Waals surface area contributed by atoms with Crippen molar-refractivity contribution >= 4 is 40.6 Å². The first kappa shape index (κ1) is 22.3. The van der Waals surface area contributed by atoms with Gasteiger partial charge in [-0.25, -0.2) is 14.0 Å². The highest BCUT2D eigenvalue weighted by Gasteiger charge is 2.44. The van der Waals surface area contributed by atoms with Crippen LogP contribution in [0.4, 0.5) is 9.18 Å². The Morgan fingerprint density at radius 3 is 2.81 bits per heavy atom. The number of rotatable bonds is 6. The molecule has 1 atom stereocenters. The minimum atomic E-state index is -0.731. The number of benzene rings is 1. The van der Waals surface area contributed by atoms with Crippen molar-refractivity contribution in [1.29, 1.82) is 0 Å². The van der Waals surface area contributed by atoms with Gasteiger partial charge in [0.1, 0.15) is 12.4 Å². The summed E-state index contributed by atoms with van der Waals surface area (Å²) in [6.07, 6.45) is 2.25. The summed E-state index contributed by atoms with van der Waals surface area (Å²) in [7, 11) is 0. The molecule has 0 N–H and O–H groups in total. The summed E-state index contributed by atoms with van der Waals surface area (Å²) in [6, 6.07) is 5.28. The van der Waals surface area contributed by atoms with Crippen LogP contribution in [0.15, 0.2) is 35.4 Å². The number of ether oxygens (including phenoxy) is 2. The van der Waals surface area contributed by atoms with E-state index in [4.69, 9.17) is 9.47 Å². The summed E-state index contributed by atoms with van der Waals surface area (Å²) in [5.74, 6) is -0.616. The molecule has 1 aromatic carbocycles. The summed E-state index contributed by atoms with van der Waals surface area (Å²) in [6.45, 7) is 2.91. The second-order valence-electron chi connectivity index (χ2n) is 7.62. The molecule has 2 aliphatic heterocycles. The Labute approximate surface area is 189 Å². The third-order valence-corrected chi connectivity index (χ3v) is 6.75. The van der Waals surface area contributed by atoms with Gasteiger partial charge >= 0.3 is 12.1 Å². The molecular weight excluding hydrogens is 437 g/mol. The van der Waals surface area contributed by atoms with E-state index in [1.165, 1.54) is 28.8 Å². The molecule has 0 spiro atoms. The van der Waals surface area contributed by atoms with Crippen LogP contribution < -0.4 is 0 Å². The Balaban J connectivity index is 1.34. The summed E-state index contributed by atoms with van der Waals surface area (Å²) in [4.78, 5) is 45.4. The summed E-state index contributed by atoms with van der Waals surface area (Å²) >= 11 is 1.35. The van der Waals surface area contributed by atoms with Crippen molar-refractivity contribution in [3.05, 3.63) is 36.3 Å². The molecule has 2 aliphatic rings. The fourth-order valence-corrected chi connectivity index (χ4v) is 5.04. The molecule has 10 heteroatoms. The van der Waals surface area contributed by atoms with Crippen molar-refractivity contribution < 1.29 is 28.2 Å². The van der Waals surface area contributed by atoms with Crippen molar-refractivity contribution in [2.75, 3.05) is 32.1 Å². The van der Waals surface area contributed by atoms with Gasteiger partial charge in [0.2, 0.25) is 5.91 Å². The topological polar surface area (TPSA) is 89.0 Å². The average molecular weight is 462 g/mol. The lowest BCUT2D eigenvalue weighted by Crippen LogP contribution is -2.52. The Morgan fingerprint density at radius 1 is 1.28 bits per heavy atom. The Morgan fingerprint density at radius 2 is 2.06 bits per heavy atom. The number of halogens is 1. The quantitative estimate of drug-likeness (QED) is 0.483. The van der Waals surface area contributed by atoms with E-state index in [9.17, 15) is 18.8 Å². The van der Waals surface area contributed by atoms with E-state index in [1.54, 1.807) is 30.2 Å². The monoisotopic (exact) mass is 461 g/mol. The molecular formula is C22H24FN3O5S. The van der Waals surface area contributed by atoms with E-state index in [0.29, 0.717) is 36.8 Å². The number of esters is 1. The number of fused-ring (bicyclic) bond motifs is 1. The van der Waals surface area contributed by atoms with Crippen LogP contribution in [0.5, 0.6) is 0 Å². The van der Waals surface area contributed by atoms with Crippen molar-refractivity contribution in [1.82, 2.24) is 14.8 Å². The Hall–Kier alpha value is -2.88. The molecule has 1 unspecified atom stereocenters. The number of aromatic nitrogens is 1. The largest absolute Gasteiger partial charge is 0.464 e. The second kappa shape index (κ2) is 9.72. The molecule has 8 nitrogen and oxygen atoms in total. The lowest BCUT2D eigenvalue weighted by Gasteiger charge is -2.37. The van der Waals surface area contributed by atoms with Crippen LogP contribution in [0, 0.1) is 5.82 Å². The van der Waals surface area contributed by atoms with E-state index in [1.807, 2.05) is 0 Å². The fourth-order valence-electron chi connectivity index (χ4n) is 4.10. The molecule has 32 heavy (non-hydrogen) atoms. The third-order valence-electron chi connectivity index (χ3n) is 5.70. The first-order valence-electron chi connectivity index (χ1n) is 10.5. The summed E-state index contributed by atoms with van der Waals surface area (Å²) in [5.41, 5.74) is 0.679. The van der Waals surface area contributed by atoms with Gasteiger partial charge in [0.15, 0.2) is 6.04 Å². The SMILES string of the molecule is CCOC(=O)C1COC(=O)N1C1CCN(C(=O)CSc2ccnc3ccc(F)cc23)CC1. The minimum absolute atomic E-state index is 0.00602. The van der Waals surface area contributed by atoms with Gasteiger partial charge in [-0.05, 0) is 44.0 Å². The van der Waals surface area contributed by atoms with Crippen LogP contribution in [0.25, 0.3) is 10.9 Å². The van der Waals surface area contributed by atoms with E-state index < -0.39 is 18.1 Å². The third kappa shape index (κ3) is 4.64. The van der Waals surface area contributed by atoms with Crippen molar-refractivity contribution in [2.45, 2.75) is 36.7 Å². The van der Waals surface area contributed by atoms with Crippen LogP contribution in [0.3, 0.4) is 0 Å². The summed E-state index contributed by atoms with van der Waals surface area (Å²) < 4.78 is 23.8. The molecule has 0 bridgehead atoms. The lowest BCUT2D eigenvalue weighted by atomic mass is 10.0. The number of piperidine rings is 1. The highest BCUT2D eigenvalue weighted by molar-refractivity contribution is 8.00. The maximum absolute atomic E-state index is 13.6. The minimum Gasteiger partial charge on any atom is -0.464 e. The van der Waals surface area contributed by atoms with Gasteiger partial charge < -0.3 is 14.4 Å². The van der Waals surface area contributed by atoms with Crippen molar-refractivity contribution in [2.24, 2.45) is 0 Å². The van der Waals surface area contributed by atoms with E-state index in [2.05, 4.69) is 4.98 Å². The number of carbonyl (C=O) groups excluding carboxylic acids is 3. The van der Waals surface area contributed by atoms with E-state index in [0.717, 1.165) is 4.90 Å². The number of amides is 2. The van der Waals surface area contributed by atoms with E-state index >= 15 is 0 Å². The highest BCUT2D eigenvalue weighted by atomic mass is 32.2. The maximum Gasteiger partial charge on any atom is 0.410 e. The van der Waals surface area contributed by atoms with Crippen LogP contribution >= 0.6 is 11.8 Å². The normalized spacial score (nSPS) is 19.3. The van der Waals surface area contributed by atoms with Crippen LogP contribution in [0.1, 0.15) is 19.8 Å². The number of nitrogens with zero attached hydrogens (tertiary/aromatic N) is 3. The Kier molecular flexibility index (Phi) is 6.78. The first-order valence-corrected chi connectivity index (χ1v) is 11.5. The molecule has 2 amide bonds. The highest BCUT2D eigenvalue weighted by Crippen LogP contribution is 2.29. The zero-order chi connectivity index (χ0) is 22.7. The van der Waals surface area contributed by atoms with Crippen LogP contribution in [0.2, 0.25) is 0 Å². The van der Waals surface area contributed by atoms with Crippen molar-refractivity contribution in [3.63, 3.8) is 0 Å². The average Bonchev–Trinajstić information content (AvgIpc) is 3.19. The first-order chi connectivity index (χ1) is 15.5. The van der Waals surface area contributed by atoms with Gasteiger partial charge in [0.05, 0.1) is 17.9 Å². The maximum atomic E-state index is 13.6. The predicted molar refractivity (Wildman–Crippen MR) is 116 cm³/mol. The van der Waals surface area contributed by atoms with Crippen LogP contribution in [-0.2, 0) is 19.1 Å². The van der Waals surface area contributed by atoms with Gasteiger partial charge in [-0.1, -0.05) is 0 Å². The number of carbonyl (C=O) groups is 3. The van der Waals surface area contributed by atoms with Gasteiger partial charge in [-0.2, -0.15) is 0 Å². The zero-order valence-electron chi connectivity index (χ0n) is 17.7. The van der Waals surface area contributed by atoms with E-state index in [-0.39, 0.29) is 36.7 Å². The molecule has 170 valence electrons. The number of likely N-dealkylation sites (tertiary alicyclic amines) is 1. The molecule has 2 fully saturated rings. The molecule has 0 aliphatic carbocycles. The number of thioether (sulfide) groups is 1.